The van der Waals surface area contributed by atoms with Crippen molar-refractivity contribution in [1.82, 2.24) is 10.3 Å². The van der Waals surface area contributed by atoms with Crippen LogP contribution >= 0.6 is 11.6 Å². The van der Waals surface area contributed by atoms with E-state index in [0.29, 0.717) is 34.9 Å². The number of nitrogens with zero attached hydrogens (tertiary/aromatic N) is 3. The fraction of sp³-hybridized carbons (Fsp3) is 0.111. The number of nitrogen functional groups attached to an aromatic ring is 2. The van der Waals surface area contributed by atoms with E-state index in [1.165, 1.54) is 5.56 Å². The largest absolute Gasteiger partial charge is 0.384 e. The molecule has 4 rings (SSSR count). The number of azo groups is 1. The normalized spacial score (nSPS) is 11.0. The van der Waals surface area contributed by atoms with Gasteiger partial charge in [-0.1, -0.05) is 54.1 Å². The van der Waals surface area contributed by atoms with E-state index < -0.39 is 0 Å². The summed E-state index contributed by atoms with van der Waals surface area (Å²) in [7, 11) is 0. The average Bonchev–Trinajstić information content (AvgIpc) is 2.85. The Bertz CT molecular complexity index is 1340. The molecule has 0 aliphatic rings. The van der Waals surface area contributed by atoms with E-state index in [1.54, 1.807) is 36.4 Å². The fourth-order valence-corrected chi connectivity index (χ4v) is 3.74. The van der Waals surface area contributed by atoms with Gasteiger partial charge in [-0.3, -0.25) is 4.79 Å². The predicted octanol–water partition coefficient (Wildman–Crippen LogP) is 5.88. The minimum atomic E-state index is -0.126. The summed E-state index contributed by atoms with van der Waals surface area (Å²) in [4.78, 5) is 16.8. The molecule has 3 aromatic carbocycles. The van der Waals surface area contributed by atoms with Crippen LogP contribution in [0.5, 0.6) is 0 Å². The Kier molecular flexibility index (Phi) is 7.70. The molecule has 35 heavy (non-hydrogen) atoms. The lowest BCUT2D eigenvalue weighted by Crippen LogP contribution is -2.25. The first kappa shape index (κ1) is 23.9. The number of nitrogens with two attached hydrogens (primary N) is 2. The third-order valence-electron chi connectivity index (χ3n) is 5.34. The third-order valence-corrected chi connectivity index (χ3v) is 5.59. The van der Waals surface area contributed by atoms with Gasteiger partial charge in [-0.25, -0.2) is 4.98 Å². The summed E-state index contributed by atoms with van der Waals surface area (Å²) < 4.78 is 0. The van der Waals surface area contributed by atoms with E-state index in [1.807, 2.05) is 48.5 Å². The zero-order chi connectivity index (χ0) is 24.6. The Morgan fingerprint density at radius 3 is 2.40 bits per heavy atom. The second-order valence-corrected chi connectivity index (χ2v) is 8.42. The van der Waals surface area contributed by atoms with Gasteiger partial charge in [-0.2, -0.15) is 5.11 Å². The standard InChI is InChI=1S/C27H25ClN6O/c28-22-9-11-23(12-10-22)33-34-25-21(17-24(29)32-26(25)30)16-19-7-4-8-20(15-19)27(35)31-14-13-18-5-2-1-3-6-18/h1-12,15,17H,13-14,16H2,(H,31,35)(H4,29,30,32)/b34-33+. The zero-order valence-corrected chi connectivity index (χ0v) is 19.7. The Morgan fingerprint density at radius 2 is 1.63 bits per heavy atom. The lowest BCUT2D eigenvalue weighted by atomic mass is 10.0. The molecular weight excluding hydrogens is 460 g/mol. The van der Waals surface area contributed by atoms with Crippen molar-refractivity contribution in [2.45, 2.75) is 12.8 Å². The monoisotopic (exact) mass is 484 g/mol. The highest BCUT2D eigenvalue weighted by Gasteiger charge is 2.12. The number of benzene rings is 3. The van der Waals surface area contributed by atoms with Crippen molar-refractivity contribution in [2.75, 3.05) is 18.0 Å². The van der Waals surface area contributed by atoms with Crippen molar-refractivity contribution in [1.29, 1.82) is 0 Å². The minimum Gasteiger partial charge on any atom is -0.384 e. The van der Waals surface area contributed by atoms with E-state index >= 15 is 0 Å². The zero-order valence-electron chi connectivity index (χ0n) is 19.0. The van der Waals surface area contributed by atoms with E-state index in [2.05, 4.69) is 20.5 Å². The van der Waals surface area contributed by atoms with Gasteiger partial charge in [0.05, 0.1) is 5.69 Å². The number of amides is 1. The van der Waals surface area contributed by atoms with Crippen molar-refractivity contribution in [3.63, 3.8) is 0 Å². The first-order chi connectivity index (χ1) is 17.0. The average molecular weight is 485 g/mol. The van der Waals surface area contributed by atoms with Gasteiger partial charge in [-0.15, -0.1) is 5.11 Å². The molecule has 0 aliphatic heterocycles. The second kappa shape index (κ2) is 11.3. The van der Waals surface area contributed by atoms with Crippen molar-refractivity contribution in [3.8, 4) is 0 Å². The lowest BCUT2D eigenvalue weighted by molar-refractivity contribution is 0.0954. The van der Waals surface area contributed by atoms with E-state index in [-0.39, 0.29) is 17.5 Å². The summed E-state index contributed by atoms with van der Waals surface area (Å²) in [6.45, 7) is 0.555. The Hall–Kier alpha value is -4.23. The molecule has 0 fully saturated rings. The summed E-state index contributed by atoms with van der Waals surface area (Å²) in [5, 5.41) is 12.2. The Balaban J connectivity index is 1.49. The number of carbonyl (C=O) groups is 1. The van der Waals surface area contributed by atoms with Gasteiger partial charge >= 0.3 is 0 Å². The third kappa shape index (κ3) is 6.65. The molecular formula is C27H25ClN6O. The van der Waals surface area contributed by atoms with Crippen molar-refractivity contribution in [2.24, 2.45) is 10.2 Å². The highest BCUT2D eigenvalue weighted by Crippen LogP contribution is 2.31. The molecule has 0 bridgehead atoms. The van der Waals surface area contributed by atoms with Crippen molar-refractivity contribution >= 4 is 40.5 Å². The number of anilines is 2. The second-order valence-electron chi connectivity index (χ2n) is 7.99. The Morgan fingerprint density at radius 1 is 0.886 bits per heavy atom. The van der Waals surface area contributed by atoms with Crippen LogP contribution in [0.15, 0.2) is 95.2 Å². The van der Waals surface area contributed by atoms with E-state index in [0.717, 1.165) is 17.5 Å². The van der Waals surface area contributed by atoms with Crippen LogP contribution in [-0.4, -0.2) is 17.4 Å². The van der Waals surface area contributed by atoms with Crippen LogP contribution in [0.4, 0.5) is 23.0 Å². The molecule has 5 N–H and O–H groups in total. The summed E-state index contributed by atoms with van der Waals surface area (Å²) >= 11 is 5.93. The maximum atomic E-state index is 12.7. The SMILES string of the molecule is Nc1cc(Cc2cccc(C(=O)NCCc3ccccc3)c2)c(/N=N/c2ccc(Cl)cc2)c(N)n1. The predicted molar refractivity (Wildman–Crippen MR) is 140 cm³/mol. The molecule has 0 aliphatic carbocycles. The molecule has 0 saturated heterocycles. The van der Waals surface area contributed by atoms with Gasteiger partial charge in [0.15, 0.2) is 5.82 Å². The topological polar surface area (TPSA) is 119 Å². The summed E-state index contributed by atoms with van der Waals surface area (Å²) in [5.74, 6) is 0.351. The van der Waals surface area contributed by atoms with Crippen molar-refractivity contribution < 1.29 is 4.79 Å². The minimum absolute atomic E-state index is 0.126. The smallest absolute Gasteiger partial charge is 0.251 e. The Labute approximate surface area is 208 Å². The number of pyridine rings is 1. The first-order valence-corrected chi connectivity index (χ1v) is 11.5. The molecule has 1 amide bonds. The molecule has 0 radical (unpaired) electrons. The van der Waals surface area contributed by atoms with Gasteiger partial charge < -0.3 is 16.8 Å². The molecule has 0 atom stereocenters. The molecule has 7 nitrogen and oxygen atoms in total. The van der Waals surface area contributed by atoms with Crippen LogP contribution in [0.2, 0.25) is 5.02 Å². The van der Waals surface area contributed by atoms with Gasteiger partial charge in [0.1, 0.15) is 11.5 Å². The van der Waals surface area contributed by atoms with Crippen LogP contribution in [0.3, 0.4) is 0 Å². The van der Waals surface area contributed by atoms with Gasteiger partial charge in [-0.05, 0) is 72.0 Å². The van der Waals surface area contributed by atoms with E-state index in [4.69, 9.17) is 23.1 Å². The lowest BCUT2D eigenvalue weighted by Gasteiger charge is -2.10. The van der Waals surface area contributed by atoms with Crippen LogP contribution in [0, 0.1) is 0 Å². The summed E-state index contributed by atoms with van der Waals surface area (Å²) in [6.07, 6.45) is 1.22. The van der Waals surface area contributed by atoms with Crippen LogP contribution in [-0.2, 0) is 12.8 Å². The molecule has 4 aromatic rings. The molecule has 0 spiro atoms. The number of hydrogen-bond donors (Lipinski definition) is 3. The number of nitrogens with one attached hydrogen (secondary N) is 1. The molecule has 0 unspecified atom stereocenters. The molecule has 1 aromatic heterocycles. The molecule has 176 valence electrons. The molecule has 0 saturated carbocycles. The molecule has 1 heterocycles. The van der Waals surface area contributed by atoms with Crippen molar-refractivity contribution in [3.05, 3.63) is 112 Å². The van der Waals surface area contributed by atoms with Gasteiger partial charge in [0.25, 0.3) is 5.91 Å². The maximum Gasteiger partial charge on any atom is 0.251 e. The molecule has 8 heteroatoms. The highest BCUT2D eigenvalue weighted by molar-refractivity contribution is 6.30. The summed E-state index contributed by atoms with van der Waals surface area (Å²) in [6, 6.07) is 26.2. The van der Waals surface area contributed by atoms with Gasteiger partial charge in [0, 0.05) is 17.1 Å². The van der Waals surface area contributed by atoms with Gasteiger partial charge in [0.2, 0.25) is 0 Å². The van der Waals surface area contributed by atoms with Crippen LogP contribution in [0.1, 0.15) is 27.0 Å². The first-order valence-electron chi connectivity index (χ1n) is 11.1. The van der Waals surface area contributed by atoms with Crippen LogP contribution < -0.4 is 16.8 Å². The fourth-order valence-electron chi connectivity index (χ4n) is 3.61. The maximum absolute atomic E-state index is 12.7. The number of aromatic nitrogens is 1. The highest BCUT2D eigenvalue weighted by atomic mass is 35.5. The van der Waals surface area contributed by atoms with E-state index in [9.17, 15) is 4.79 Å². The van der Waals surface area contributed by atoms with Crippen LogP contribution in [0.25, 0.3) is 0 Å². The number of rotatable bonds is 8. The number of carbonyl (C=O) groups excluding carboxylic acids is 1. The summed E-state index contributed by atoms with van der Waals surface area (Å²) in [5.41, 5.74) is 16.6. The number of halogens is 1. The quantitative estimate of drug-likeness (QED) is 0.270. The number of hydrogen-bond acceptors (Lipinski definition) is 6.